The van der Waals surface area contributed by atoms with Crippen LogP contribution in [0.4, 0.5) is 4.39 Å². The SMILES string of the molecule is CCO[Si](CCCCCC/C(=C\c1ccc(Cl)c(F)c1)C(=O)O)(OCC)OCC. The molecule has 29 heavy (non-hydrogen) atoms. The zero-order valence-electron chi connectivity index (χ0n) is 17.5. The van der Waals surface area contributed by atoms with Crippen LogP contribution in [0.1, 0.15) is 58.4 Å². The molecule has 0 atom stereocenters. The van der Waals surface area contributed by atoms with Crippen molar-refractivity contribution in [1.29, 1.82) is 0 Å². The fraction of sp³-hybridized carbons (Fsp3) is 0.571. The van der Waals surface area contributed by atoms with Gasteiger partial charge in [0.15, 0.2) is 0 Å². The molecule has 0 unspecified atom stereocenters. The maximum absolute atomic E-state index is 13.5. The van der Waals surface area contributed by atoms with Gasteiger partial charge in [0, 0.05) is 31.4 Å². The standard InChI is InChI=1S/C21H32ClFO5Si/c1-4-26-29(27-5-2,28-6-3)14-10-8-7-9-11-18(21(24)25)15-17-12-13-19(22)20(23)16-17/h12-13,15-16H,4-11,14H2,1-3H3,(H,24,25)/b18-15+. The van der Waals surface area contributed by atoms with Crippen LogP contribution in [-0.2, 0) is 18.1 Å². The third kappa shape index (κ3) is 9.40. The summed E-state index contributed by atoms with van der Waals surface area (Å²) < 4.78 is 31.1. The van der Waals surface area contributed by atoms with E-state index in [0.717, 1.165) is 31.7 Å². The summed E-state index contributed by atoms with van der Waals surface area (Å²) in [6.07, 6.45) is 5.38. The topological polar surface area (TPSA) is 65.0 Å². The van der Waals surface area contributed by atoms with Crippen molar-refractivity contribution < 1.29 is 27.6 Å². The molecule has 0 saturated carbocycles. The molecular weight excluding hydrogens is 415 g/mol. The first-order valence-electron chi connectivity index (χ1n) is 10.2. The highest BCUT2D eigenvalue weighted by Gasteiger charge is 2.39. The fourth-order valence-electron chi connectivity index (χ4n) is 3.06. The number of hydrogen-bond acceptors (Lipinski definition) is 4. The third-order valence-corrected chi connectivity index (χ3v) is 7.79. The summed E-state index contributed by atoms with van der Waals surface area (Å²) in [6.45, 7) is 7.49. The van der Waals surface area contributed by atoms with E-state index in [4.69, 9.17) is 24.9 Å². The van der Waals surface area contributed by atoms with Crippen molar-refractivity contribution >= 4 is 32.5 Å². The molecule has 164 valence electrons. The van der Waals surface area contributed by atoms with E-state index in [1.54, 1.807) is 6.07 Å². The predicted molar refractivity (Wildman–Crippen MR) is 116 cm³/mol. The number of carboxylic acids is 1. The lowest BCUT2D eigenvalue weighted by molar-refractivity contribution is -0.132. The highest BCUT2D eigenvalue weighted by molar-refractivity contribution is 6.60. The number of carboxylic acid groups (broad SMARTS) is 1. The summed E-state index contributed by atoms with van der Waals surface area (Å²) in [5, 5.41) is 9.43. The van der Waals surface area contributed by atoms with Gasteiger partial charge in [-0.3, -0.25) is 0 Å². The zero-order valence-corrected chi connectivity index (χ0v) is 19.3. The van der Waals surface area contributed by atoms with E-state index in [1.165, 1.54) is 18.2 Å². The van der Waals surface area contributed by atoms with E-state index in [0.29, 0.717) is 31.8 Å². The average molecular weight is 447 g/mol. The molecule has 1 aromatic rings. The minimum absolute atomic E-state index is 0.0183. The molecule has 0 aliphatic carbocycles. The molecule has 0 aliphatic rings. The highest BCUT2D eigenvalue weighted by atomic mass is 35.5. The maximum atomic E-state index is 13.5. The number of hydrogen-bond donors (Lipinski definition) is 1. The van der Waals surface area contributed by atoms with Gasteiger partial charge in [-0.05, 0) is 63.8 Å². The van der Waals surface area contributed by atoms with Gasteiger partial charge in [0.25, 0.3) is 0 Å². The number of benzene rings is 1. The van der Waals surface area contributed by atoms with Gasteiger partial charge in [0.05, 0.1) is 5.02 Å². The lowest BCUT2D eigenvalue weighted by Gasteiger charge is -2.28. The van der Waals surface area contributed by atoms with E-state index >= 15 is 0 Å². The van der Waals surface area contributed by atoms with Crippen molar-refractivity contribution in [2.45, 2.75) is 58.9 Å². The van der Waals surface area contributed by atoms with E-state index in [-0.39, 0.29) is 10.6 Å². The van der Waals surface area contributed by atoms with E-state index in [1.807, 2.05) is 20.8 Å². The molecule has 0 heterocycles. The largest absolute Gasteiger partial charge is 0.500 e. The first-order valence-corrected chi connectivity index (χ1v) is 12.5. The Labute approximate surface area is 179 Å². The number of rotatable bonds is 15. The van der Waals surface area contributed by atoms with Crippen LogP contribution in [-0.4, -0.2) is 39.7 Å². The molecule has 0 saturated heterocycles. The van der Waals surface area contributed by atoms with Crippen molar-refractivity contribution in [3.8, 4) is 0 Å². The Bertz CT molecular complexity index is 651. The molecule has 1 aromatic carbocycles. The Balaban J connectivity index is 2.52. The zero-order chi connectivity index (χ0) is 21.7. The van der Waals surface area contributed by atoms with Crippen LogP contribution < -0.4 is 0 Å². The number of carbonyl (C=O) groups is 1. The quantitative estimate of drug-likeness (QED) is 0.205. The Morgan fingerprint density at radius 2 is 1.66 bits per heavy atom. The van der Waals surface area contributed by atoms with Crippen molar-refractivity contribution in [1.82, 2.24) is 0 Å². The summed E-state index contributed by atoms with van der Waals surface area (Å²) in [4.78, 5) is 11.5. The Morgan fingerprint density at radius 1 is 1.07 bits per heavy atom. The van der Waals surface area contributed by atoms with Crippen LogP contribution in [0.2, 0.25) is 11.1 Å². The van der Waals surface area contributed by atoms with Gasteiger partial charge in [0.1, 0.15) is 5.82 Å². The lowest BCUT2D eigenvalue weighted by Crippen LogP contribution is -2.45. The molecule has 5 nitrogen and oxygen atoms in total. The van der Waals surface area contributed by atoms with Gasteiger partial charge in [-0.1, -0.05) is 30.5 Å². The van der Waals surface area contributed by atoms with E-state index in [2.05, 4.69) is 0 Å². The van der Waals surface area contributed by atoms with E-state index in [9.17, 15) is 14.3 Å². The Hall–Kier alpha value is -1.25. The first kappa shape index (κ1) is 25.8. The van der Waals surface area contributed by atoms with Crippen LogP contribution >= 0.6 is 11.6 Å². The molecule has 0 aliphatic heterocycles. The van der Waals surface area contributed by atoms with Crippen molar-refractivity contribution in [2.75, 3.05) is 19.8 Å². The minimum Gasteiger partial charge on any atom is -0.478 e. The Kier molecular flexibility index (Phi) is 12.3. The fourth-order valence-corrected chi connectivity index (χ4v) is 5.86. The van der Waals surface area contributed by atoms with Crippen molar-refractivity contribution in [2.24, 2.45) is 0 Å². The second-order valence-corrected chi connectivity index (χ2v) is 9.68. The van der Waals surface area contributed by atoms with E-state index < -0.39 is 20.6 Å². The van der Waals surface area contributed by atoms with Gasteiger partial charge < -0.3 is 18.4 Å². The van der Waals surface area contributed by atoms with Crippen LogP contribution in [0.3, 0.4) is 0 Å². The van der Waals surface area contributed by atoms with Gasteiger partial charge in [-0.25, -0.2) is 9.18 Å². The summed E-state index contributed by atoms with van der Waals surface area (Å²) in [6, 6.07) is 5.03. The number of halogens is 2. The molecule has 1 N–H and O–H groups in total. The summed E-state index contributed by atoms with van der Waals surface area (Å²) in [5.74, 6) is -1.55. The van der Waals surface area contributed by atoms with Crippen LogP contribution in [0.25, 0.3) is 6.08 Å². The van der Waals surface area contributed by atoms with Crippen molar-refractivity contribution in [3.63, 3.8) is 0 Å². The molecule has 1 rings (SSSR count). The molecule has 0 aromatic heterocycles. The summed E-state index contributed by atoms with van der Waals surface area (Å²) >= 11 is 5.67. The second-order valence-electron chi connectivity index (χ2n) is 6.54. The molecule has 0 radical (unpaired) electrons. The van der Waals surface area contributed by atoms with Crippen molar-refractivity contribution in [3.05, 3.63) is 40.2 Å². The predicted octanol–water partition coefficient (Wildman–Crippen LogP) is 5.95. The van der Waals surface area contributed by atoms with Gasteiger partial charge in [-0.15, -0.1) is 0 Å². The smallest absolute Gasteiger partial charge is 0.478 e. The Morgan fingerprint density at radius 3 is 2.17 bits per heavy atom. The highest BCUT2D eigenvalue weighted by Crippen LogP contribution is 2.22. The summed E-state index contributed by atoms with van der Waals surface area (Å²) in [5.41, 5.74) is 0.749. The lowest BCUT2D eigenvalue weighted by atomic mass is 10.0. The number of unbranched alkanes of at least 4 members (excludes halogenated alkanes) is 3. The normalized spacial score (nSPS) is 12.4. The van der Waals surface area contributed by atoms with Gasteiger partial charge in [-0.2, -0.15) is 0 Å². The summed E-state index contributed by atoms with van der Waals surface area (Å²) in [7, 11) is -2.61. The maximum Gasteiger partial charge on any atom is 0.500 e. The average Bonchev–Trinajstić information content (AvgIpc) is 2.67. The van der Waals surface area contributed by atoms with Gasteiger partial charge in [0.2, 0.25) is 0 Å². The molecule has 8 heteroatoms. The second kappa shape index (κ2) is 13.9. The molecule has 0 amide bonds. The monoisotopic (exact) mass is 446 g/mol. The molecular formula is C21H32ClFO5Si. The molecule has 0 fully saturated rings. The van der Waals surface area contributed by atoms with Crippen LogP contribution in [0.15, 0.2) is 23.8 Å². The van der Waals surface area contributed by atoms with Gasteiger partial charge >= 0.3 is 14.8 Å². The van der Waals surface area contributed by atoms with Crippen LogP contribution in [0.5, 0.6) is 0 Å². The molecule has 0 spiro atoms. The first-order chi connectivity index (χ1) is 13.9. The van der Waals surface area contributed by atoms with Crippen LogP contribution in [0, 0.1) is 5.82 Å². The number of aliphatic carboxylic acids is 1. The minimum atomic E-state index is -2.61. The third-order valence-electron chi connectivity index (χ3n) is 4.33. The molecule has 0 bridgehead atoms.